The van der Waals surface area contributed by atoms with Gasteiger partial charge in [0.15, 0.2) is 0 Å². The summed E-state index contributed by atoms with van der Waals surface area (Å²) in [6, 6.07) is 13.3. The number of thiophene rings is 1. The molecule has 3 heterocycles. The topological polar surface area (TPSA) is 69.6 Å². The van der Waals surface area contributed by atoms with Gasteiger partial charge in [-0.15, -0.1) is 11.3 Å². The fourth-order valence-electron chi connectivity index (χ4n) is 5.38. The fraction of sp³-hybridized carbons (Fsp3) is 0.407. The first-order valence-corrected chi connectivity index (χ1v) is 14.9. The summed E-state index contributed by atoms with van der Waals surface area (Å²) in [6.07, 6.45) is 4.64. The van der Waals surface area contributed by atoms with E-state index in [1.54, 1.807) is 16.4 Å². The van der Waals surface area contributed by atoms with Gasteiger partial charge in [-0.3, -0.25) is 0 Å². The van der Waals surface area contributed by atoms with Crippen molar-refractivity contribution in [3.63, 3.8) is 0 Å². The van der Waals surface area contributed by atoms with Crippen molar-refractivity contribution in [3.05, 3.63) is 58.7 Å². The first kappa shape index (κ1) is 23.8. The minimum atomic E-state index is -3.56. The minimum absolute atomic E-state index is 0.360. The van der Waals surface area contributed by atoms with Gasteiger partial charge >= 0.3 is 0 Å². The van der Waals surface area contributed by atoms with Crippen molar-refractivity contribution in [1.82, 2.24) is 19.2 Å². The van der Waals surface area contributed by atoms with Gasteiger partial charge in [0.2, 0.25) is 10.0 Å². The molecule has 1 saturated heterocycles. The smallest absolute Gasteiger partial charge is 0.243 e. The maximum atomic E-state index is 13.5. The van der Waals surface area contributed by atoms with Crippen molar-refractivity contribution in [2.75, 3.05) is 45.2 Å². The highest BCUT2D eigenvalue weighted by Gasteiger charge is 2.31. The number of benzene rings is 2. The van der Waals surface area contributed by atoms with Crippen molar-refractivity contribution in [2.24, 2.45) is 0 Å². The predicted octanol–water partition coefficient (Wildman–Crippen LogP) is 4.30. The second-order valence-electron chi connectivity index (χ2n) is 9.99. The molecule has 36 heavy (non-hydrogen) atoms. The Kier molecular flexibility index (Phi) is 6.19. The van der Waals surface area contributed by atoms with Gasteiger partial charge in [-0.1, -0.05) is 30.3 Å². The van der Waals surface area contributed by atoms with Crippen molar-refractivity contribution < 1.29 is 8.42 Å². The van der Waals surface area contributed by atoms with E-state index < -0.39 is 10.0 Å². The Balaban J connectivity index is 1.30. The Labute approximate surface area is 216 Å². The molecular formula is C27H31N5O2S2. The number of rotatable bonds is 5. The van der Waals surface area contributed by atoms with E-state index in [1.807, 2.05) is 55.8 Å². The number of aryl methyl sites for hydroxylation is 2. The van der Waals surface area contributed by atoms with Gasteiger partial charge in [0.05, 0.1) is 16.8 Å². The molecule has 2 aromatic heterocycles. The molecule has 2 aromatic carbocycles. The summed E-state index contributed by atoms with van der Waals surface area (Å²) in [7, 11) is 0.502. The molecule has 0 atom stereocenters. The van der Waals surface area contributed by atoms with Crippen LogP contribution in [0.2, 0.25) is 0 Å². The average molecular weight is 522 g/mol. The van der Waals surface area contributed by atoms with Crippen LogP contribution < -0.4 is 4.90 Å². The summed E-state index contributed by atoms with van der Waals surface area (Å²) in [6.45, 7) is 2.80. The third kappa shape index (κ3) is 4.28. The molecule has 9 heteroatoms. The van der Waals surface area contributed by atoms with Gasteiger partial charge in [-0.25, -0.2) is 18.4 Å². The van der Waals surface area contributed by atoms with Gasteiger partial charge in [-0.05, 0) is 68.2 Å². The van der Waals surface area contributed by atoms with Crippen molar-refractivity contribution in [1.29, 1.82) is 0 Å². The molecule has 0 spiro atoms. The second kappa shape index (κ2) is 9.37. The van der Waals surface area contributed by atoms with Crippen molar-refractivity contribution in [3.8, 4) is 0 Å². The normalized spacial score (nSPS) is 17.2. The van der Waals surface area contributed by atoms with E-state index in [2.05, 4.69) is 9.80 Å². The number of aromatic nitrogens is 2. The molecule has 0 bridgehead atoms. The first-order chi connectivity index (χ1) is 17.4. The molecule has 1 aliphatic carbocycles. The number of hydrogen-bond acceptors (Lipinski definition) is 7. The summed E-state index contributed by atoms with van der Waals surface area (Å²) in [5.41, 5.74) is 1.42. The predicted molar refractivity (Wildman–Crippen MR) is 146 cm³/mol. The number of piperazine rings is 1. The number of sulfonamides is 1. The van der Waals surface area contributed by atoms with Gasteiger partial charge in [0.1, 0.15) is 16.5 Å². The van der Waals surface area contributed by atoms with Crippen LogP contribution in [0.1, 0.15) is 29.1 Å². The average Bonchev–Trinajstić information content (AvgIpc) is 3.26. The molecule has 6 rings (SSSR count). The fourth-order valence-corrected chi connectivity index (χ4v) is 8.11. The molecule has 1 aliphatic heterocycles. The summed E-state index contributed by atoms with van der Waals surface area (Å²) in [4.78, 5) is 17.2. The van der Waals surface area contributed by atoms with E-state index >= 15 is 0 Å². The lowest BCUT2D eigenvalue weighted by Crippen LogP contribution is -2.49. The third-order valence-electron chi connectivity index (χ3n) is 7.20. The van der Waals surface area contributed by atoms with E-state index in [-0.39, 0.29) is 0 Å². The highest BCUT2D eigenvalue weighted by molar-refractivity contribution is 7.89. The summed E-state index contributed by atoms with van der Waals surface area (Å²) >= 11 is 1.82. The van der Waals surface area contributed by atoms with E-state index in [9.17, 15) is 8.42 Å². The molecule has 4 aromatic rings. The highest BCUT2D eigenvalue weighted by Crippen LogP contribution is 2.40. The van der Waals surface area contributed by atoms with Crippen LogP contribution in [0.25, 0.3) is 21.0 Å². The van der Waals surface area contributed by atoms with Gasteiger partial charge in [0, 0.05) is 31.1 Å². The Hall–Kier alpha value is -2.59. The molecule has 1 fully saturated rings. The lowest BCUT2D eigenvalue weighted by Gasteiger charge is -2.35. The molecule has 0 unspecified atom stereocenters. The van der Waals surface area contributed by atoms with Gasteiger partial charge in [-0.2, -0.15) is 4.31 Å². The maximum Gasteiger partial charge on any atom is 0.243 e. The maximum absolute atomic E-state index is 13.5. The Morgan fingerprint density at radius 3 is 2.47 bits per heavy atom. The summed E-state index contributed by atoms with van der Waals surface area (Å²) < 4.78 is 28.6. The first-order valence-electron chi connectivity index (χ1n) is 12.6. The molecule has 0 N–H and O–H groups in total. The zero-order valence-electron chi connectivity index (χ0n) is 20.8. The van der Waals surface area contributed by atoms with E-state index in [0.717, 1.165) is 40.1 Å². The van der Waals surface area contributed by atoms with E-state index in [4.69, 9.17) is 9.97 Å². The number of nitrogens with zero attached hydrogens (tertiary/aromatic N) is 5. The SMILES string of the molecule is CN(C)Cc1nc(N2CCN(S(=O)(=O)c3ccc4ccccc4c3)CC2)c2c3c(sc2n1)CCCC3. The molecule has 7 nitrogen and oxygen atoms in total. The van der Waals surface area contributed by atoms with E-state index in [1.165, 1.54) is 28.7 Å². The third-order valence-corrected chi connectivity index (χ3v) is 10.3. The Morgan fingerprint density at radius 2 is 1.69 bits per heavy atom. The standard InChI is InChI=1S/C27H31N5O2S2/c1-30(2)18-24-28-26(25-22-9-5-6-10-23(22)35-27(25)29-24)31-13-15-32(16-14-31)36(33,34)21-12-11-19-7-3-4-8-20(19)17-21/h3-4,7-8,11-12,17H,5-6,9-10,13-16,18H2,1-2H3. The number of hydrogen-bond donors (Lipinski definition) is 0. The molecule has 0 amide bonds. The molecule has 0 saturated carbocycles. The number of anilines is 1. The molecule has 0 radical (unpaired) electrons. The zero-order valence-corrected chi connectivity index (χ0v) is 22.4. The van der Waals surface area contributed by atoms with Gasteiger partial charge in [0.25, 0.3) is 0 Å². The second-order valence-corrected chi connectivity index (χ2v) is 13.0. The van der Waals surface area contributed by atoms with Crippen LogP contribution in [0, 0.1) is 0 Å². The molecule has 188 valence electrons. The van der Waals surface area contributed by atoms with Crippen LogP contribution in [0.3, 0.4) is 0 Å². The Bertz CT molecular complexity index is 1540. The quantitative estimate of drug-likeness (QED) is 0.390. The molecule has 2 aliphatic rings. The summed E-state index contributed by atoms with van der Waals surface area (Å²) in [5, 5.41) is 3.18. The van der Waals surface area contributed by atoms with Crippen molar-refractivity contribution in [2.45, 2.75) is 37.1 Å². The Morgan fingerprint density at radius 1 is 0.944 bits per heavy atom. The highest BCUT2D eigenvalue weighted by atomic mass is 32.2. The number of fused-ring (bicyclic) bond motifs is 4. The summed E-state index contributed by atoms with van der Waals surface area (Å²) in [5.74, 6) is 1.81. The van der Waals surface area contributed by atoms with Gasteiger partial charge < -0.3 is 9.80 Å². The van der Waals surface area contributed by atoms with Crippen LogP contribution in [-0.4, -0.2) is 67.9 Å². The van der Waals surface area contributed by atoms with Crippen molar-refractivity contribution >= 4 is 48.2 Å². The van der Waals surface area contributed by atoms with E-state index in [0.29, 0.717) is 37.6 Å². The van der Waals surface area contributed by atoms with Crippen LogP contribution in [0.15, 0.2) is 47.4 Å². The lowest BCUT2D eigenvalue weighted by atomic mass is 9.97. The van der Waals surface area contributed by atoms with Crippen LogP contribution >= 0.6 is 11.3 Å². The van der Waals surface area contributed by atoms with Crippen LogP contribution in [0.5, 0.6) is 0 Å². The van der Waals surface area contributed by atoms with Crippen LogP contribution in [-0.2, 0) is 29.4 Å². The lowest BCUT2D eigenvalue weighted by molar-refractivity contribution is 0.381. The molecular weight excluding hydrogens is 490 g/mol. The van der Waals surface area contributed by atoms with Crippen LogP contribution in [0.4, 0.5) is 5.82 Å². The monoisotopic (exact) mass is 521 g/mol. The largest absolute Gasteiger partial charge is 0.353 e. The minimum Gasteiger partial charge on any atom is -0.353 e. The zero-order chi connectivity index (χ0) is 24.9.